The highest BCUT2D eigenvalue weighted by Gasteiger charge is 2.35. The van der Waals surface area contributed by atoms with Gasteiger partial charge >= 0.3 is 0 Å². The molecule has 0 saturated carbocycles. The first-order chi connectivity index (χ1) is 14.2. The lowest BCUT2D eigenvalue weighted by Gasteiger charge is -2.27. The zero-order valence-electron chi connectivity index (χ0n) is 17.1. The van der Waals surface area contributed by atoms with Crippen molar-refractivity contribution in [3.8, 4) is 11.5 Å². The van der Waals surface area contributed by atoms with Gasteiger partial charge in [0.2, 0.25) is 11.8 Å². The maximum absolute atomic E-state index is 14.4. The average Bonchev–Trinajstić information content (AvgIpc) is 3.18. The Bertz CT molecular complexity index is 944. The molecule has 0 spiro atoms. The molecule has 1 saturated heterocycles. The van der Waals surface area contributed by atoms with Crippen molar-refractivity contribution in [3.63, 3.8) is 0 Å². The van der Waals surface area contributed by atoms with E-state index in [9.17, 15) is 14.0 Å². The smallest absolute Gasteiger partial charge is 0.247 e. The molecule has 6 nitrogen and oxygen atoms in total. The van der Waals surface area contributed by atoms with Crippen molar-refractivity contribution in [1.82, 2.24) is 15.2 Å². The standard InChI is InChI=1S/C22H24FN3O3S/c1-22(2,3)25-21(28)18-13-30-14-26(18)20(27)9-7-15-6-8-19(17(23)11-15)29-16-5-4-10-24-12-16/h4-12,18H,13-14H2,1-3H3,(H,25,28)/b9-7+. The minimum absolute atomic E-state index is 0.0707. The summed E-state index contributed by atoms with van der Waals surface area (Å²) >= 11 is 1.53. The molecule has 1 atom stereocenters. The van der Waals surface area contributed by atoms with Gasteiger partial charge in [-0.15, -0.1) is 11.8 Å². The molecule has 1 aliphatic heterocycles. The van der Waals surface area contributed by atoms with Gasteiger partial charge in [-0.05, 0) is 56.7 Å². The second kappa shape index (κ2) is 9.30. The van der Waals surface area contributed by atoms with Gasteiger partial charge < -0.3 is 15.0 Å². The lowest BCUT2D eigenvalue weighted by Crippen LogP contribution is -2.52. The van der Waals surface area contributed by atoms with Gasteiger partial charge in [0.1, 0.15) is 11.8 Å². The highest BCUT2D eigenvalue weighted by molar-refractivity contribution is 7.99. The fourth-order valence-corrected chi connectivity index (χ4v) is 4.00. The molecule has 0 bridgehead atoms. The fourth-order valence-electron chi connectivity index (χ4n) is 2.83. The fraction of sp³-hybridized carbons (Fsp3) is 0.318. The van der Waals surface area contributed by atoms with Crippen molar-refractivity contribution in [2.24, 2.45) is 0 Å². The van der Waals surface area contributed by atoms with Gasteiger partial charge in [0.05, 0.1) is 12.1 Å². The number of benzene rings is 1. The van der Waals surface area contributed by atoms with Crippen molar-refractivity contribution < 1.29 is 18.7 Å². The van der Waals surface area contributed by atoms with Crippen molar-refractivity contribution in [3.05, 3.63) is 60.2 Å². The van der Waals surface area contributed by atoms with Crippen LogP contribution in [0.15, 0.2) is 48.8 Å². The number of nitrogens with zero attached hydrogens (tertiary/aromatic N) is 2. The Kier molecular flexibility index (Phi) is 6.77. The van der Waals surface area contributed by atoms with Crippen molar-refractivity contribution in [1.29, 1.82) is 0 Å². The van der Waals surface area contributed by atoms with Crippen LogP contribution in [0, 0.1) is 5.82 Å². The van der Waals surface area contributed by atoms with Crippen molar-refractivity contribution in [2.45, 2.75) is 32.4 Å². The molecule has 1 aromatic carbocycles. The van der Waals surface area contributed by atoms with Crippen LogP contribution in [-0.4, -0.2) is 44.9 Å². The molecule has 3 rings (SSSR count). The number of carbonyl (C=O) groups excluding carboxylic acids is 2. The second-order valence-corrected chi connectivity index (χ2v) is 8.88. The summed E-state index contributed by atoms with van der Waals surface area (Å²) in [5, 5.41) is 2.92. The molecule has 8 heteroatoms. The van der Waals surface area contributed by atoms with Crippen LogP contribution in [0.3, 0.4) is 0 Å². The quantitative estimate of drug-likeness (QED) is 0.731. The van der Waals surface area contributed by atoms with E-state index in [2.05, 4.69) is 10.3 Å². The number of ether oxygens (including phenoxy) is 1. The number of thioether (sulfide) groups is 1. The molecule has 158 valence electrons. The Morgan fingerprint density at radius 3 is 2.80 bits per heavy atom. The van der Waals surface area contributed by atoms with E-state index in [0.717, 1.165) is 0 Å². The number of aromatic nitrogens is 1. The number of hydrogen-bond acceptors (Lipinski definition) is 5. The van der Waals surface area contributed by atoms with E-state index in [1.165, 1.54) is 47.1 Å². The summed E-state index contributed by atoms with van der Waals surface area (Å²) in [4.78, 5) is 30.5. The summed E-state index contributed by atoms with van der Waals surface area (Å²) in [7, 11) is 0. The zero-order chi connectivity index (χ0) is 21.7. The number of hydrogen-bond donors (Lipinski definition) is 1. The molecule has 30 heavy (non-hydrogen) atoms. The third-order valence-electron chi connectivity index (χ3n) is 4.20. The van der Waals surface area contributed by atoms with E-state index in [1.54, 1.807) is 24.4 Å². The largest absolute Gasteiger partial charge is 0.453 e. The third-order valence-corrected chi connectivity index (χ3v) is 5.21. The van der Waals surface area contributed by atoms with Crippen molar-refractivity contribution >= 4 is 29.7 Å². The van der Waals surface area contributed by atoms with Crippen LogP contribution in [0.4, 0.5) is 4.39 Å². The van der Waals surface area contributed by atoms with Crippen LogP contribution in [0.2, 0.25) is 0 Å². The molecular formula is C22H24FN3O3S. The Morgan fingerprint density at radius 1 is 1.33 bits per heavy atom. The highest BCUT2D eigenvalue weighted by atomic mass is 32.2. The summed E-state index contributed by atoms with van der Waals surface area (Å²) in [6, 6.07) is 7.30. The first kappa shape index (κ1) is 21.8. The van der Waals surface area contributed by atoms with Gasteiger partial charge in [0, 0.05) is 23.6 Å². The highest BCUT2D eigenvalue weighted by Crippen LogP contribution is 2.25. The molecule has 1 aliphatic rings. The first-order valence-corrected chi connectivity index (χ1v) is 10.6. The maximum Gasteiger partial charge on any atom is 0.247 e. The number of pyridine rings is 1. The maximum atomic E-state index is 14.4. The molecule has 2 heterocycles. The Hall–Kier alpha value is -2.87. The number of halogens is 1. The van der Waals surface area contributed by atoms with E-state index < -0.39 is 11.9 Å². The molecule has 1 unspecified atom stereocenters. The van der Waals surface area contributed by atoms with E-state index in [4.69, 9.17) is 4.74 Å². The van der Waals surface area contributed by atoms with Gasteiger partial charge in [0.15, 0.2) is 11.6 Å². The van der Waals surface area contributed by atoms with Gasteiger partial charge in [-0.3, -0.25) is 14.6 Å². The van der Waals surface area contributed by atoms with Gasteiger partial charge in [-0.2, -0.15) is 0 Å². The number of nitrogens with one attached hydrogen (secondary N) is 1. The van der Waals surface area contributed by atoms with Crippen LogP contribution < -0.4 is 10.1 Å². The molecule has 0 radical (unpaired) electrons. The van der Waals surface area contributed by atoms with E-state index in [-0.39, 0.29) is 23.1 Å². The monoisotopic (exact) mass is 429 g/mol. The average molecular weight is 430 g/mol. The summed E-state index contributed by atoms with van der Waals surface area (Å²) < 4.78 is 19.8. The molecule has 2 amide bonds. The van der Waals surface area contributed by atoms with Crippen LogP contribution in [-0.2, 0) is 9.59 Å². The third kappa shape index (κ3) is 5.82. The number of carbonyl (C=O) groups is 2. The molecule has 1 N–H and O–H groups in total. The van der Waals surface area contributed by atoms with Crippen LogP contribution in [0.5, 0.6) is 11.5 Å². The number of rotatable bonds is 5. The number of amides is 2. The SMILES string of the molecule is CC(C)(C)NC(=O)C1CSCN1C(=O)/C=C/c1ccc(Oc2cccnc2)c(F)c1. The zero-order valence-corrected chi connectivity index (χ0v) is 17.9. The predicted molar refractivity (Wildman–Crippen MR) is 116 cm³/mol. The van der Waals surface area contributed by atoms with E-state index >= 15 is 0 Å². The molecular weight excluding hydrogens is 405 g/mol. The van der Waals surface area contributed by atoms with Crippen LogP contribution in [0.1, 0.15) is 26.3 Å². The van der Waals surface area contributed by atoms with Crippen LogP contribution in [0.25, 0.3) is 6.08 Å². The summed E-state index contributed by atoms with van der Waals surface area (Å²) in [5.41, 5.74) is 0.147. The topological polar surface area (TPSA) is 71.5 Å². The second-order valence-electron chi connectivity index (χ2n) is 7.88. The first-order valence-electron chi connectivity index (χ1n) is 9.49. The minimum Gasteiger partial charge on any atom is -0.453 e. The predicted octanol–water partition coefficient (Wildman–Crippen LogP) is 3.84. The lowest BCUT2D eigenvalue weighted by molar-refractivity contribution is -0.135. The lowest BCUT2D eigenvalue weighted by atomic mass is 10.1. The summed E-state index contributed by atoms with van der Waals surface area (Å²) in [6.07, 6.45) is 5.98. The van der Waals surface area contributed by atoms with Gasteiger partial charge in [-0.25, -0.2) is 4.39 Å². The Balaban J connectivity index is 1.65. The van der Waals surface area contributed by atoms with Crippen molar-refractivity contribution in [2.75, 3.05) is 11.6 Å². The molecule has 1 fully saturated rings. The van der Waals surface area contributed by atoms with Crippen LogP contribution >= 0.6 is 11.8 Å². The van der Waals surface area contributed by atoms with Gasteiger partial charge in [-0.1, -0.05) is 6.07 Å². The molecule has 0 aliphatic carbocycles. The van der Waals surface area contributed by atoms with E-state index in [0.29, 0.717) is 22.9 Å². The summed E-state index contributed by atoms with van der Waals surface area (Å²) in [6.45, 7) is 5.69. The molecule has 2 aromatic rings. The van der Waals surface area contributed by atoms with Gasteiger partial charge in [0.25, 0.3) is 0 Å². The molecule has 1 aromatic heterocycles. The summed E-state index contributed by atoms with van der Waals surface area (Å²) in [5.74, 6) is 0.492. The Labute approximate surface area is 179 Å². The van der Waals surface area contributed by atoms with E-state index in [1.807, 2.05) is 20.8 Å². The Morgan fingerprint density at radius 2 is 2.13 bits per heavy atom. The minimum atomic E-state index is -0.549. The normalized spacial score (nSPS) is 16.7.